The summed E-state index contributed by atoms with van der Waals surface area (Å²) in [6.45, 7) is 10.6. The van der Waals surface area contributed by atoms with E-state index in [0.29, 0.717) is 12.3 Å². The number of benzene rings is 3. The zero-order chi connectivity index (χ0) is 26.8. The molecule has 0 bridgehead atoms. The summed E-state index contributed by atoms with van der Waals surface area (Å²) in [6.07, 6.45) is 7.50. The van der Waals surface area contributed by atoms with Crippen LogP contribution in [0.25, 0.3) is 0 Å². The predicted octanol–water partition coefficient (Wildman–Crippen LogP) is 6.00. The van der Waals surface area contributed by atoms with Crippen LogP contribution < -0.4 is 15.9 Å². The molecular weight excluding hydrogens is 483 g/mol. The minimum absolute atomic E-state index is 0.229. The first kappa shape index (κ1) is 28.5. The summed E-state index contributed by atoms with van der Waals surface area (Å²) in [5, 5.41) is 4.45. The summed E-state index contributed by atoms with van der Waals surface area (Å²) in [5.74, 6) is 0.348. The second-order valence-corrected chi connectivity index (χ2v) is 15.5. The van der Waals surface area contributed by atoms with Gasteiger partial charge in [-0.05, 0) is 20.3 Å². The van der Waals surface area contributed by atoms with E-state index in [1.165, 1.54) is 34.9 Å². The van der Waals surface area contributed by atoms with E-state index in [1.807, 2.05) is 0 Å². The first-order valence-corrected chi connectivity index (χ1v) is 16.9. The van der Waals surface area contributed by atoms with Gasteiger partial charge in [-0.3, -0.25) is 0 Å². The number of hydrogen-bond donors (Lipinski definition) is 0. The molecule has 1 aliphatic rings. The number of rotatable bonds is 12. The molecule has 0 saturated carbocycles. The standard InChI is InChI=1S/C34H47N2OP/c1-4-34(2,3)36-27-25-35(26-28-36)33(37)24-16-5-6-17-29-38(30-18-10-7-11-19-30,31-20-12-8-13-21-31)32-22-14-9-15-23-32/h7-15,18-23,38H,4-6,16-17,24-29H2,1-3H3. The SMILES string of the molecule is CCC(C)(C)N1CCN(C(=O)CCCCCC[PH](c2ccccc2)(c2ccccc2)c2ccccc2)CC1. The van der Waals surface area contributed by atoms with Crippen LogP contribution in [-0.2, 0) is 4.79 Å². The molecule has 4 heteroatoms. The Balaban J connectivity index is 1.34. The van der Waals surface area contributed by atoms with Crippen molar-refractivity contribution in [2.24, 2.45) is 0 Å². The van der Waals surface area contributed by atoms with E-state index in [0.717, 1.165) is 45.4 Å². The third-order valence-electron chi connectivity index (χ3n) is 8.85. The summed E-state index contributed by atoms with van der Waals surface area (Å²) < 4.78 is 0. The first-order chi connectivity index (χ1) is 18.5. The summed E-state index contributed by atoms with van der Waals surface area (Å²) in [5.41, 5.74) is 0.229. The number of hydrogen-bond acceptors (Lipinski definition) is 2. The van der Waals surface area contributed by atoms with Gasteiger partial charge in [0.25, 0.3) is 0 Å². The third-order valence-corrected chi connectivity index (χ3v) is 13.9. The van der Waals surface area contributed by atoms with Gasteiger partial charge in [0.1, 0.15) is 0 Å². The fourth-order valence-electron chi connectivity index (χ4n) is 6.06. The van der Waals surface area contributed by atoms with Crippen LogP contribution in [0.4, 0.5) is 0 Å². The Morgan fingerprint density at radius 3 is 1.58 bits per heavy atom. The minimum atomic E-state index is -2.14. The molecule has 1 amide bonds. The second kappa shape index (κ2) is 13.5. The topological polar surface area (TPSA) is 23.6 Å². The van der Waals surface area contributed by atoms with Crippen LogP contribution in [0.15, 0.2) is 91.0 Å². The van der Waals surface area contributed by atoms with Crippen LogP contribution in [0, 0.1) is 0 Å². The van der Waals surface area contributed by atoms with Crippen LogP contribution >= 0.6 is 7.26 Å². The predicted molar refractivity (Wildman–Crippen MR) is 167 cm³/mol. The van der Waals surface area contributed by atoms with Gasteiger partial charge in [0, 0.05) is 0 Å². The number of amides is 1. The summed E-state index contributed by atoms with van der Waals surface area (Å²) in [7, 11) is -2.14. The van der Waals surface area contributed by atoms with Crippen molar-refractivity contribution in [2.45, 2.75) is 64.8 Å². The Morgan fingerprint density at radius 1 is 0.684 bits per heavy atom. The third kappa shape index (κ3) is 6.74. The van der Waals surface area contributed by atoms with Gasteiger partial charge in [-0.1, -0.05) is 6.92 Å². The van der Waals surface area contributed by atoms with E-state index >= 15 is 0 Å². The molecule has 1 heterocycles. The fourth-order valence-corrected chi connectivity index (χ4v) is 11.0. The molecule has 204 valence electrons. The van der Waals surface area contributed by atoms with Gasteiger partial charge in [-0.25, -0.2) is 0 Å². The number of nitrogens with zero attached hydrogens (tertiary/aromatic N) is 2. The van der Waals surface area contributed by atoms with Gasteiger partial charge < -0.3 is 0 Å². The quantitative estimate of drug-likeness (QED) is 0.212. The van der Waals surface area contributed by atoms with Gasteiger partial charge in [0.05, 0.1) is 0 Å². The van der Waals surface area contributed by atoms with Crippen molar-refractivity contribution in [3.8, 4) is 0 Å². The van der Waals surface area contributed by atoms with Gasteiger partial charge >= 0.3 is 205 Å². The summed E-state index contributed by atoms with van der Waals surface area (Å²) in [4.78, 5) is 17.5. The zero-order valence-electron chi connectivity index (χ0n) is 23.7. The number of unbranched alkanes of at least 4 members (excludes halogenated alkanes) is 3. The van der Waals surface area contributed by atoms with E-state index in [-0.39, 0.29) is 5.54 Å². The van der Waals surface area contributed by atoms with Crippen molar-refractivity contribution in [3.63, 3.8) is 0 Å². The molecule has 0 spiro atoms. The van der Waals surface area contributed by atoms with Crippen molar-refractivity contribution < 1.29 is 4.79 Å². The molecule has 1 saturated heterocycles. The van der Waals surface area contributed by atoms with Crippen molar-refractivity contribution in [1.29, 1.82) is 0 Å². The van der Waals surface area contributed by atoms with Gasteiger partial charge in [0.15, 0.2) is 0 Å². The Morgan fingerprint density at radius 2 is 1.13 bits per heavy atom. The molecule has 0 aromatic heterocycles. The van der Waals surface area contributed by atoms with E-state index in [4.69, 9.17) is 0 Å². The van der Waals surface area contributed by atoms with Gasteiger partial charge in [-0.15, -0.1) is 0 Å². The van der Waals surface area contributed by atoms with Crippen LogP contribution in [0.2, 0.25) is 0 Å². The number of carbonyl (C=O) groups excluding carboxylic acids is 1. The molecule has 0 N–H and O–H groups in total. The van der Waals surface area contributed by atoms with Crippen LogP contribution in [0.3, 0.4) is 0 Å². The fraction of sp³-hybridized carbons (Fsp3) is 0.441. The Labute approximate surface area is 231 Å². The average Bonchev–Trinajstić information content (AvgIpc) is 2.98. The van der Waals surface area contributed by atoms with Crippen molar-refractivity contribution in [1.82, 2.24) is 9.80 Å². The molecule has 4 rings (SSSR count). The van der Waals surface area contributed by atoms with E-state index in [1.54, 1.807) is 0 Å². The van der Waals surface area contributed by atoms with Crippen molar-refractivity contribution >= 4 is 29.1 Å². The zero-order valence-corrected chi connectivity index (χ0v) is 24.7. The van der Waals surface area contributed by atoms with Crippen molar-refractivity contribution in [3.05, 3.63) is 91.0 Å². The molecule has 0 unspecified atom stereocenters. The molecule has 3 aromatic carbocycles. The molecule has 1 fully saturated rings. The second-order valence-electron chi connectivity index (χ2n) is 11.5. The molecule has 0 atom stereocenters. The van der Waals surface area contributed by atoms with Gasteiger partial charge in [0.2, 0.25) is 0 Å². The average molecular weight is 531 g/mol. The Bertz CT molecular complexity index is 1010. The number of carbonyl (C=O) groups is 1. The molecule has 38 heavy (non-hydrogen) atoms. The summed E-state index contributed by atoms with van der Waals surface area (Å²) >= 11 is 0. The molecule has 3 nitrogen and oxygen atoms in total. The van der Waals surface area contributed by atoms with E-state index in [2.05, 4.69) is 122 Å². The normalized spacial score (nSPS) is 15.4. The maximum absolute atomic E-state index is 12.9. The molecule has 3 aromatic rings. The van der Waals surface area contributed by atoms with Crippen LogP contribution in [-0.4, -0.2) is 53.6 Å². The monoisotopic (exact) mass is 530 g/mol. The van der Waals surface area contributed by atoms with Gasteiger partial charge in [-0.2, -0.15) is 0 Å². The van der Waals surface area contributed by atoms with Crippen molar-refractivity contribution in [2.75, 3.05) is 32.3 Å². The molecule has 0 radical (unpaired) electrons. The Hall–Kier alpha value is -2.48. The van der Waals surface area contributed by atoms with Crippen LogP contribution in [0.1, 0.15) is 59.3 Å². The van der Waals surface area contributed by atoms with Crippen LogP contribution in [0.5, 0.6) is 0 Å². The molecular formula is C34H47N2OP. The van der Waals surface area contributed by atoms with E-state index in [9.17, 15) is 4.79 Å². The Kier molecular flexibility index (Phi) is 10.2. The number of piperazine rings is 1. The van der Waals surface area contributed by atoms with E-state index < -0.39 is 7.26 Å². The first-order valence-electron chi connectivity index (χ1n) is 14.7. The molecule has 0 aliphatic carbocycles. The maximum atomic E-state index is 12.9. The summed E-state index contributed by atoms with van der Waals surface area (Å²) in [6, 6.07) is 33.6. The molecule has 1 aliphatic heterocycles.